The molecule has 0 aliphatic carbocycles. The first kappa shape index (κ1) is 22.6. The molecular weight excluding hydrogens is 394 g/mol. The smallest absolute Gasteiger partial charge is 0.243 e. The third-order valence-corrected chi connectivity index (χ3v) is 6.35. The Labute approximate surface area is 174 Å². The van der Waals surface area contributed by atoms with Gasteiger partial charge >= 0.3 is 0 Å². The molecule has 0 bridgehead atoms. The van der Waals surface area contributed by atoms with Crippen LogP contribution in [0.4, 0.5) is 0 Å². The zero-order valence-electron chi connectivity index (χ0n) is 16.6. The molecule has 0 saturated carbocycles. The molecule has 1 amide bonds. The van der Waals surface area contributed by atoms with Crippen molar-refractivity contribution in [3.8, 4) is 10.0 Å². The van der Waals surface area contributed by atoms with Gasteiger partial charge in [0.15, 0.2) is 15.8 Å². The summed E-state index contributed by atoms with van der Waals surface area (Å²) in [5.41, 5.74) is 2.28. The van der Waals surface area contributed by atoms with Crippen molar-refractivity contribution in [2.75, 3.05) is 0 Å². The van der Waals surface area contributed by atoms with E-state index in [-0.39, 0.29) is 11.7 Å². The highest BCUT2D eigenvalue weighted by Gasteiger charge is 2.20. The number of hydroxylamine groups is 1. The Bertz CT molecular complexity index is 742. The summed E-state index contributed by atoms with van der Waals surface area (Å²) in [4.78, 5) is 33.7. The van der Waals surface area contributed by atoms with E-state index < -0.39 is 0 Å². The second-order valence-corrected chi connectivity index (χ2v) is 9.28. The highest BCUT2D eigenvalue weighted by atomic mass is 32.1. The Balaban J connectivity index is 1.79. The Morgan fingerprint density at radius 2 is 1.75 bits per heavy atom. The molecule has 2 aromatic heterocycles. The van der Waals surface area contributed by atoms with Crippen LogP contribution in [0.1, 0.15) is 80.6 Å². The minimum atomic E-state index is -0.330. The highest BCUT2D eigenvalue weighted by molar-refractivity contribution is 7.20. The first-order valence-electron chi connectivity index (χ1n) is 9.87. The largest absolute Gasteiger partial charge is 0.292 e. The maximum absolute atomic E-state index is 12.7. The van der Waals surface area contributed by atoms with Crippen molar-refractivity contribution in [2.45, 2.75) is 71.6 Å². The predicted molar refractivity (Wildman–Crippen MR) is 113 cm³/mol. The third-order valence-electron chi connectivity index (χ3n) is 4.35. The summed E-state index contributed by atoms with van der Waals surface area (Å²) < 4.78 is 0. The van der Waals surface area contributed by atoms with Crippen LogP contribution < -0.4 is 5.48 Å². The number of nitrogens with one attached hydrogen (secondary N) is 1. The lowest BCUT2D eigenvalue weighted by Gasteiger charge is -2.05. The molecule has 6 nitrogen and oxygen atoms in total. The maximum atomic E-state index is 12.7. The zero-order chi connectivity index (χ0) is 20.4. The number of aromatic nitrogens is 2. The quantitative estimate of drug-likeness (QED) is 0.198. The number of thiazole rings is 2. The minimum absolute atomic E-state index is 0.134. The van der Waals surface area contributed by atoms with E-state index in [9.17, 15) is 9.59 Å². The van der Waals surface area contributed by atoms with E-state index in [1.54, 1.807) is 34.4 Å². The van der Waals surface area contributed by atoms with E-state index in [4.69, 9.17) is 5.21 Å². The molecule has 2 heterocycles. The van der Waals surface area contributed by atoms with Crippen molar-refractivity contribution < 1.29 is 14.8 Å². The normalized spacial score (nSPS) is 11.1. The Morgan fingerprint density at radius 1 is 1.07 bits per heavy atom. The first-order chi connectivity index (χ1) is 13.5. The monoisotopic (exact) mass is 423 g/mol. The summed E-state index contributed by atoms with van der Waals surface area (Å²) in [7, 11) is 0. The van der Waals surface area contributed by atoms with Gasteiger partial charge in [-0.15, -0.1) is 22.7 Å². The molecule has 0 fully saturated rings. The van der Waals surface area contributed by atoms with Gasteiger partial charge in [-0.3, -0.25) is 14.8 Å². The van der Waals surface area contributed by atoms with Gasteiger partial charge in [0.1, 0.15) is 5.69 Å². The van der Waals surface area contributed by atoms with E-state index in [1.807, 2.05) is 5.38 Å². The topological polar surface area (TPSA) is 92.2 Å². The molecule has 0 atom stereocenters. The van der Waals surface area contributed by atoms with E-state index in [1.165, 1.54) is 0 Å². The summed E-state index contributed by atoms with van der Waals surface area (Å²) in [6.45, 7) is 4.31. The standard InChI is InChI=1S/C20H29N3O3S2/c1-14(2)13-16-18(22-20(28-16)19-21-11-12-27-19)15(24)9-7-5-3-4-6-8-10-17(25)23-26/h11-12,14,26H,3-10,13H2,1-2H3,(H,23,25). The van der Waals surface area contributed by atoms with Crippen LogP contribution in [0.25, 0.3) is 10.0 Å². The predicted octanol–water partition coefficient (Wildman–Crippen LogP) is 5.27. The average molecular weight is 424 g/mol. The summed E-state index contributed by atoms with van der Waals surface area (Å²) in [6.07, 6.45) is 9.21. The summed E-state index contributed by atoms with van der Waals surface area (Å²) in [6, 6.07) is 0. The molecule has 0 aromatic carbocycles. The van der Waals surface area contributed by atoms with Crippen LogP contribution in [-0.2, 0) is 11.2 Å². The van der Waals surface area contributed by atoms with Crippen LogP contribution in [-0.4, -0.2) is 26.9 Å². The third kappa shape index (κ3) is 7.41. The van der Waals surface area contributed by atoms with Crippen molar-refractivity contribution in [2.24, 2.45) is 5.92 Å². The van der Waals surface area contributed by atoms with Crippen molar-refractivity contribution in [1.29, 1.82) is 0 Å². The van der Waals surface area contributed by atoms with Gasteiger partial charge in [-0.1, -0.05) is 39.5 Å². The molecular formula is C20H29N3O3S2. The number of carbonyl (C=O) groups excluding carboxylic acids is 2. The number of Topliss-reactive ketones (excluding diaryl/α,β-unsaturated/α-hetero) is 1. The number of amides is 1. The summed E-state index contributed by atoms with van der Waals surface area (Å²) in [5, 5.41) is 12.1. The van der Waals surface area contributed by atoms with Gasteiger partial charge in [-0.05, 0) is 25.2 Å². The average Bonchev–Trinajstić information content (AvgIpc) is 3.32. The van der Waals surface area contributed by atoms with Crippen molar-refractivity contribution >= 4 is 34.4 Å². The molecule has 0 aliphatic heterocycles. The van der Waals surface area contributed by atoms with Gasteiger partial charge in [0, 0.05) is 29.3 Å². The molecule has 0 radical (unpaired) electrons. The molecule has 2 rings (SSSR count). The SMILES string of the molecule is CC(C)Cc1sc(-c2nccs2)nc1C(=O)CCCCCCCCC(=O)NO. The summed E-state index contributed by atoms with van der Waals surface area (Å²) in [5.74, 6) is 0.279. The van der Waals surface area contributed by atoms with Crippen molar-refractivity contribution in [3.63, 3.8) is 0 Å². The molecule has 0 aliphatic rings. The van der Waals surface area contributed by atoms with Gasteiger partial charge in [-0.25, -0.2) is 15.4 Å². The zero-order valence-corrected chi connectivity index (χ0v) is 18.2. The van der Waals surface area contributed by atoms with Crippen LogP contribution in [0, 0.1) is 5.92 Å². The molecule has 154 valence electrons. The molecule has 0 unspecified atom stereocenters. The number of hydrogen-bond donors (Lipinski definition) is 2. The van der Waals surface area contributed by atoms with Crippen molar-refractivity contribution in [1.82, 2.24) is 15.4 Å². The molecule has 28 heavy (non-hydrogen) atoms. The van der Waals surface area contributed by atoms with Crippen LogP contribution in [0.5, 0.6) is 0 Å². The number of nitrogens with zero attached hydrogens (tertiary/aromatic N) is 2. The van der Waals surface area contributed by atoms with Crippen LogP contribution in [0.3, 0.4) is 0 Å². The van der Waals surface area contributed by atoms with Gasteiger partial charge in [0.05, 0.1) is 0 Å². The Morgan fingerprint density at radius 3 is 2.36 bits per heavy atom. The fourth-order valence-corrected chi connectivity index (χ4v) is 4.92. The van der Waals surface area contributed by atoms with E-state index in [0.717, 1.165) is 59.8 Å². The van der Waals surface area contributed by atoms with E-state index in [0.29, 0.717) is 24.5 Å². The summed E-state index contributed by atoms with van der Waals surface area (Å²) >= 11 is 3.15. The molecule has 2 aromatic rings. The van der Waals surface area contributed by atoms with Crippen LogP contribution in [0.15, 0.2) is 11.6 Å². The van der Waals surface area contributed by atoms with Crippen molar-refractivity contribution in [3.05, 3.63) is 22.1 Å². The number of ketones is 1. The van der Waals surface area contributed by atoms with E-state index >= 15 is 0 Å². The van der Waals surface area contributed by atoms with Gasteiger partial charge in [-0.2, -0.15) is 0 Å². The molecule has 0 spiro atoms. The second kappa shape index (κ2) is 12.0. The second-order valence-electron chi connectivity index (χ2n) is 7.31. The fraction of sp³-hybridized carbons (Fsp3) is 0.600. The number of hydrogen-bond acceptors (Lipinski definition) is 7. The Hall–Kier alpha value is -1.64. The van der Waals surface area contributed by atoms with Gasteiger partial charge < -0.3 is 0 Å². The number of unbranched alkanes of at least 4 members (excludes halogenated alkanes) is 5. The molecule has 2 N–H and O–H groups in total. The fourth-order valence-electron chi connectivity index (χ4n) is 2.95. The molecule has 0 saturated heterocycles. The van der Waals surface area contributed by atoms with Gasteiger partial charge in [0.25, 0.3) is 0 Å². The lowest BCUT2D eigenvalue weighted by Crippen LogP contribution is -2.17. The lowest BCUT2D eigenvalue weighted by atomic mass is 10.0. The number of rotatable bonds is 13. The lowest BCUT2D eigenvalue weighted by molar-refractivity contribution is -0.129. The maximum Gasteiger partial charge on any atom is 0.243 e. The highest BCUT2D eigenvalue weighted by Crippen LogP contribution is 2.31. The Kier molecular flexibility index (Phi) is 9.73. The minimum Gasteiger partial charge on any atom is -0.292 e. The van der Waals surface area contributed by atoms with E-state index in [2.05, 4.69) is 23.8 Å². The van der Waals surface area contributed by atoms with Crippen LogP contribution in [0.2, 0.25) is 0 Å². The van der Waals surface area contributed by atoms with Gasteiger partial charge in [0.2, 0.25) is 5.91 Å². The first-order valence-corrected chi connectivity index (χ1v) is 11.6. The molecule has 8 heteroatoms. The van der Waals surface area contributed by atoms with Crippen LogP contribution >= 0.6 is 22.7 Å². The number of carbonyl (C=O) groups is 2.